The Kier molecular flexibility index (Phi) is 3.12. The zero-order chi connectivity index (χ0) is 11.7. The molecule has 1 aromatic carbocycles. The second-order valence-electron chi connectivity index (χ2n) is 3.90. The van der Waals surface area contributed by atoms with Gasteiger partial charge in [0.2, 0.25) is 0 Å². The molecule has 0 bridgehead atoms. The molecule has 3 nitrogen and oxygen atoms in total. The fourth-order valence-corrected chi connectivity index (χ4v) is 2.12. The van der Waals surface area contributed by atoms with Gasteiger partial charge in [-0.1, -0.05) is 6.07 Å². The van der Waals surface area contributed by atoms with Crippen LogP contribution in [0.3, 0.4) is 0 Å². The summed E-state index contributed by atoms with van der Waals surface area (Å²) in [4.78, 5) is 0. The van der Waals surface area contributed by atoms with Crippen molar-refractivity contribution >= 4 is 15.9 Å². The molecule has 0 aliphatic rings. The second kappa shape index (κ2) is 4.39. The maximum Gasteiger partial charge on any atom is 0.0787 e. The van der Waals surface area contributed by atoms with E-state index in [1.165, 1.54) is 0 Å². The van der Waals surface area contributed by atoms with Crippen molar-refractivity contribution in [3.63, 3.8) is 0 Å². The van der Waals surface area contributed by atoms with Crippen molar-refractivity contribution in [1.82, 2.24) is 9.78 Å². The molecular formula is C12H14BrN3. The smallest absolute Gasteiger partial charge is 0.0787 e. The highest BCUT2D eigenvalue weighted by Crippen LogP contribution is 2.24. The van der Waals surface area contributed by atoms with Crippen LogP contribution in [0.5, 0.6) is 0 Å². The van der Waals surface area contributed by atoms with E-state index in [2.05, 4.69) is 21.0 Å². The normalized spacial score (nSPS) is 12.8. The van der Waals surface area contributed by atoms with E-state index in [1.54, 1.807) is 0 Å². The topological polar surface area (TPSA) is 43.8 Å². The van der Waals surface area contributed by atoms with E-state index in [0.717, 1.165) is 21.4 Å². The van der Waals surface area contributed by atoms with Crippen LogP contribution in [0.15, 0.2) is 34.9 Å². The van der Waals surface area contributed by atoms with Crippen LogP contribution in [0.2, 0.25) is 0 Å². The molecule has 1 atom stereocenters. The highest BCUT2D eigenvalue weighted by Gasteiger charge is 2.06. The number of rotatable bonds is 2. The van der Waals surface area contributed by atoms with E-state index < -0.39 is 0 Å². The van der Waals surface area contributed by atoms with Crippen LogP contribution < -0.4 is 5.73 Å². The summed E-state index contributed by atoms with van der Waals surface area (Å²) in [6.07, 6.45) is 1.95. The Morgan fingerprint density at radius 1 is 1.38 bits per heavy atom. The van der Waals surface area contributed by atoms with Crippen molar-refractivity contribution in [2.75, 3.05) is 0 Å². The number of hydrogen-bond donors (Lipinski definition) is 1. The number of nitrogens with zero attached hydrogens (tertiary/aromatic N) is 2. The molecule has 0 amide bonds. The number of aryl methyl sites for hydroxylation is 1. The minimum Gasteiger partial charge on any atom is -0.324 e. The average molecular weight is 280 g/mol. The maximum atomic E-state index is 5.83. The van der Waals surface area contributed by atoms with Gasteiger partial charge in [-0.25, -0.2) is 4.68 Å². The lowest BCUT2D eigenvalue weighted by Gasteiger charge is -2.09. The zero-order valence-corrected chi connectivity index (χ0v) is 10.9. The van der Waals surface area contributed by atoms with E-state index in [4.69, 9.17) is 5.73 Å². The van der Waals surface area contributed by atoms with Gasteiger partial charge in [-0.3, -0.25) is 0 Å². The van der Waals surface area contributed by atoms with E-state index in [1.807, 2.05) is 49.0 Å². The molecule has 16 heavy (non-hydrogen) atoms. The summed E-state index contributed by atoms with van der Waals surface area (Å²) < 4.78 is 2.86. The van der Waals surface area contributed by atoms with E-state index in [-0.39, 0.29) is 6.04 Å². The van der Waals surface area contributed by atoms with Gasteiger partial charge in [0.05, 0.1) is 11.4 Å². The Balaban J connectivity index is 2.44. The van der Waals surface area contributed by atoms with Gasteiger partial charge in [-0.15, -0.1) is 0 Å². The molecule has 0 fully saturated rings. The first-order valence-electron chi connectivity index (χ1n) is 5.15. The predicted octanol–water partition coefficient (Wildman–Crippen LogP) is 2.96. The molecule has 0 saturated heterocycles. The first-order chi connectivity index (χ1) is 7.58. The van der Waals surface area contributed by atoms with Crippen molar-refractivity contribution in [3.05, 3.63) is 46.2 Å². The molecule has 1 unspecified atom stereocenters. The molecule has 0 spiro atoms. The van der Waals surface area contributed by atoms with Gasteiger partial charge >= 0.3 is 0 Å². The lowest BCUT2D eigenvalue weighted by Crippen LogP contribution is -2.05. The number of nitrogens with two attached hydrogens (primary N) is 1. The molecule has 0 aliphatic carbocycles. The largest absolute Gasteiger partial charge is 0.324 e. The first-order valence-corrected chi connectivity index (χ1v) is 5.95. The Labute approximate surface area is 103 Å². The first kappa shape index (κ1) is 11.4. The minimum absolute atomic E-state index is 0.0460. The fraction of sp³-hybridized carbons (Fsp3) is 0.250. The summed E-state index contributed by atoms with van der Waals surface area (Å²) in [5, 5.41) is 4.37. The Hall–Kier alpha value is -1.13. The van der Waals surface area contributed by atoms with Crippen LogP contribution in [0.1, 0.15) is 24.2 Å². The van der Waals surface area contributed by atoms with Gasteiger partial charge in [0.15, 0.2) is 0 Å². The van der Waals surface area contributed by atoms with Crippen LogP contribution in [-0.4, -0.2) is 9.78 Å². The Bertz CT molecular complexity index is 503. The van der Waals surface area contributed by atoms with Crippen LogP contribution in [0, 0.1) is 6.92 Å². The summed E-state index contributed by atoms with van der Waals surface area (Å²) in [5.41, 5.74) is 8.97. The van der Waals surface area contributed by atoms with Crippen LogP contribution in [0.25, 0.3) is 5.69 Å². The average Bonchev–Trinajstić information content (AvgIpc) is 2.64. The summed E-state index contributed by atoms with van der Waals surface area (Å²) in [6, 6.07) is 8.12. The van der Waals surface area contributed by atoms with Gasteiger partial charge in [0, 0.05) is 16.7 Å². The molecular weight excluding hydrogens is 266 g/mol. The highest BCUT2D eigenvalue weighted by molar-refractivity contribution is 9.10. The molecule has 84 valence electrons. The number of hydrogen-bond acceptors (Lipinski definition) is 2. The molecule has 0 saturated carbocycles. The third-order valence-electron chi connectivity index (χ3n) is 2.47. The SMILES string of the molecule is Cc1ccn(-c2ccc(C(C)N)cc2Br)n1. The molecule has 1 aromatic heterocycles. The Morgan fingerprint density at radius 3 is 2.62 bits per heavy atom. The Morgan fingerprint density at radius 2 is 2.12 bits per heavy atom. The van der Waals surface area contributed by atoms with Crippen LogP contribution in [-0.2, 0) is 0 Å². The molecule has 0 aliphatic heterocycles. The van der Waals surface area contributed by atoms with Gasteiger partial charge < -0.3 is 5.73 Å². The standard InChI is InChI=1S/C12H14BrN3/c1-8-5-6-16(15-8)12-4-3-10(9(2)14)7-11(12)13/h3-7,9H,14H2,1-2H3. The summed E-state index contributed by atoms with van der Waals surface area (Å²) >= 11 is 3.55. The van der Waals surface area contributed by atoms with Gasteiger partial charge in [0.1, 0.15) is 0 Å². The molecule has 1 heterocycles. The number of halogens is 1. The van der Waals surface area contributed by atoms with Crippen molar-refractivity contribution in [2.45, 2.75) is 19.9 Å². The minimum atomic E-state index is 0.0460. The van der Waals surface area contributed by atoms with Crippen LogP contribution in [0.4, 0.5) is 0 Å². The summed E-state index contributed by atoms with van der Waals surface area (Å²) in [7, 11) is 0. The third kappa shape index (κ3) is 2.18. The van der Waals surface area contributed by atoms with Crippen molar-refractivity contribution in [2.24, 2.45) is 5.73 Å². The van der Waals surface area contributed by atoms with Crippen molar-refractivity contribution < 1.29 is 0 Å². The predicted molar refractivity (Wildman–Crippen MR) is 68.6 cm³/mol. The van der Waals surface area contributed by atoms with E-state index in [9.17, 15) is 0 Å². The number of benzene rings is 1. The second-order valence-corrected chi connectivity index (χ2v) is 4.76. The quantitative estimate of drug-likeness (QED) is 0.919. The summed E-state index contributed by atoms with van der Waals surface area (Å²) in [5.74, 6) is 0. The van der Waals surface area contributed by atoms with E-state index >= 15 is 0 Å². The lowest BCUT2D eigenvalue weighted by atomic mass is 10.1. The molecule has 2 aromatic rings. The third-order valence-corrected chi connectivity index (χ3v) is 3.10. The van der Waals surface area contributed by atoms with Crippen LogP contribution >= 0.6 is 15.9 Å². The molecule has 4 heteroatoms. The monoisotopic (exact) mass is 279 g/mol. The maximum absolute atomic E-state index is 5.83. The fourth-order valence-electron chi connectivity index (χ4n) is 1.54. The lowest BCUT2D eigenvalue weighted by molar-refractivity contribution is 0.811. The highest BCUT2D eigenvalue weighted by atomic mass is 79.9. The van der Waals surface area contributed by atoms with Gasteiger partial charge in [-0.05, 0) is 53.5 Å². The van der Waals surface area contributed by atoms with Gasteiger partial charge in [0.25, 0.3) is 0 Å². The molecule has 2 rings (SSSR count). The summed E-state index contributed by atoms with van der Waals surface area (Å²) in [6.45, 7) is 3.94. The molecule has 2 N–H and O–H groups in total. The van der Waals surface area contributed by atoms with Gasteiger partial charge in [-0.2, -0.15) is 5.10 Å². The van der Waals surface area contributed by atoms with E-state index in [0.29, 0.717) is 0 Å². The zero-order valence-electron chi connectivity index (χ0n) is 9.31. The van der Waals surface area contributed by atoms with Crippen molar-refractivity contribution in [3.8, 4) is 5.69 Å². The number of aromatic nitrogens is 2. The molecule has 0 radical (unpaired) electrons. The van der Waals surface area contributed by atoms with Crippen molar-refractivity contribution in [1.29, 1.82) is 0 Å².